The Morgan fingerprint density at radius 1 is 1.11 bits per heavy atom. The van der Waals surface area contributed by atoms with E-state index in [2.05, 4.69) is 10.6 Å². The van der Waals surface area contributed by atoms with Crippen molar-refractivity contribution in [3.05, 3.63) is 65.2 Å². The number of nitrogens with one attached hydrogen (secondary N) is 2. The Balaban J connectivity index is 1.86. The molecule has 0 saturated carbocycles. The van der Waals surface area contributed by atoms with E-state index in [1.165, 1.54) is 0 Å². The number of hydrogen-bond donors (Lipinski definition) is 3. The fourth-order valence-corrected chi connectivity index (χ4v) is 2.96. The van der Waals surface area contributed by atoms with E-state index < -0.39 is 5.91 Å². The minimum absolute atomic E-state index is 0.0193. The molecule has 0 radical (unpaired) electrons. The maximum Gasteiger partial charge on any atom is 0.314 e. The average molecular weight is 384 g/mol. The predicted octanol–water partition coefficient (Wildman–Crippen LogP) is 1.94. The Hall–Kier alpha value is -3.06. The molecule has 2 aromatic carbocycles. The molecule has 0 bridgehead atoms. The van der Waals surface area contributed by atoms with Crippen LogP contribution in [0.1, 0.15) is 27.5 Å². The van der Waals surface area contributed by atoms with Gasteiger partial charge in [0.2, 0.25) is 5.91 Å². The molecule has 28 heavy (non-hydrogen) atoms. The SMILES string of the molecule is COc1ccccc1C(CNC(=O)NCCc1cccc(C(N)=O)c1)N(C)C. The Bertz CT molecular complexity index is 808. The molecule has 0 heterocycles. The third-order valence-corrected chi connectivity index (χ3v) is 4.49. The van der Waals surface area contributed by atoms with E-state index in [0.717, 1.165) is 16.9 Å². The molecular weight excluding hydrogens is 356 g/mol. The van der Waals surface area contributed by atoms with Crippen LogP contribution in [-0.2, 0) is 6.42 Å². The molecule has 1 atom stereocenters. The van der Waals surface area contributed by atoms with Gasteiger partial charge in [-0.05, 0) is 44.3 Å². The van der Waals surface area contributed by atoms with Gasteiger partial charge in [-0.1, -0.05) is 30.3 Å². The van der Waals surface area contributed by atoms with Crippen molar-refractivity contribution in [2.75, 3.05) is 34.3 Å². The van der Waals surface area contributed by atoms with Crippen LogP contribution in [0.15, 0.2) is 48.5 Å². The van der Waals surface area contributed by atoms with Crippen LogP contribution in [0.4, 0.5) is 4.79 Å². The summed E-state index contributed by atoms with van der Waals surface area (Å²) < 4.78 is 5.44. The normalized spacial score (nSPS) is 11.7. The number of urea groups is 1. The number of primary amides is 1. The first-order chi connectivity index (χ1) is 13.4. The molecule has 0 aromatic heterocycles. The van der Waals surface area contributed by atoms with Crippen LogP contribution in [0.2, 0.25) is 0 Å². The Morgan fingerprint density at radius 3 is 2.54 bits per heavy atom. The summed E-state index contributed by atoms with van der Waals surface area (Å²) in [6.07, 6.45) is 0.609. The van der Waals surface area contributed by atoms with E-state index >= 15 is 0 Å². The molecule has 0 aliphatic rings. The van der Waals surface area contributed by atoms with Crippen LogP contribution >= 0.6 is 0 Å². The van der Waals surface area contributed by atoms with Crippen LogP contribution in [0.25, 0.3) is 0 Å². The zero-order chi connectivity index (χ0) is 20.5. The van der Waals surface area contributed by atoms with Crippen LogP contribution < -0.4 is 21.1 Å². The van der Waals surface area contributed by atoms with Crippen molar-refractivity contribution in [2.24, 2.45) is 5.73 Å². The number of methoxy groups -OCH3 is 1. The summed E-state index contributed by atoms with van der Waals surface area (Å²) in [4.78, 5) is 25.4. The van der Waals surface area contributed by atoms with Gasteiger partial charge < -0.3 is 26.0 Å². The molecule has 7 heteroatoms. The van der Waals surface area contributed by atoms with Crippen molar-refractivity contribution >= 4 is 11.9 Å². The zero-order valence-corrected chi connectivity index (χ0v) is 16.6. The van der Waals surface area contributed by atoms with Gasteiger partial charge in [0.15, 0.2) is 0 Å². The molecule has 3 amide bonds. The standard InChI is InChI=1S/C21H28N4O3/c1-25(2)18(17-9-4-5-10-19(17)28-3)14-24-21(27)23-12-11-15-7-6-8-16(13-15)20(22)26/h4-10,13,18H,11-12,14H2,1-3H3,(H2,22,26)(H2,23,24,27). The molecule has 4 N–H and O–H groups in total. The first-order valence-corrected chi connectivity index (χ1v) is 9.12. The Morgan fingerprint density at radius 2 is 1.86 bits per heavy atom. The van der Waals surface area contributed by atoms with Gasteiger partial charge in [-0.3, -0.25) is 4.79 Å². The average Bonchev–Trinajstić information content (AvgIpc) is 2.68. The van der Waals surface area contributed by atoms with Gasteiger partial charge in [0, 0.05) is 24.2 Å². The van der Waals surface area contributed by atoms with Crippen LogP contribution in [-0.4, -0.2) is 51.1 Å². The van der Waals surface area contributed by atoms with Crippen molar-refractivity contribution in [3.63, 3.8) is 0 Å². The number of nitrogens with zero attached hydrogens (tertiary/aromatic N) is 1. The van der Waals surface area contributed by atoms with Crippen molar-refractivity contribution in [1.82, 2.24) is 15.5 Å². The summed E-state index contributed by atoms with van der Waals surface area (Å²) in [7, 11) is 5.56. The second-order valence-electron chi connectivity index (χ2n) is 6.67. The minimum Gasteiger partial charge on any atom is -0.496 e. The summed E-state index contributed by atoms with van der Waals surface area (Å²) >= 11 is 0. The lowest BCUT2D eigenvalue weighted by atomic mass is 10.0. The molecule has 0 saturated heterocycles. The maximum absolute atomic E-state index is 12.2. The molecule has 2 aromatic rings. The smallest absolute Gasteiger partial charge is 0.314 e. The highest BCUT2D eigenvalue weighted by Crippen LogP contribution is 2.27. The Kier molecular flexibility index (Phi) is 7.83. The number of likely N-dealkylation sites (N-methyl/N-ethyl adjacent to an activating group) is 1. The second kappa shape index (κ2) is 10.3. The lowest BCUT2D eigenvalue weighted by Crippen LogP contribution is -2.41. The van der Waals surface area contributed by atoms with Crippen LogP contribution in [0, 0.1) is 0 Å². The lowest BCUT2D eigenvalue weighted by Gasteiger charge is -2.26. The fourth-order valence-electron chi connectivity index (χ4n) is 2.96. The second-order valence-corrected chi connectivity index (χ2v) is 6.67. The molecular formula is C21H28N4O3. The number of rotatable bonds is 9. The minimum atomic E-state index is -0.460. The highest BCUT2D eigenvalue weighted by molar-refractivity contribution is 5.92. The third-order valence-electron chi connectivity index (χ3n) is 4.49. The van der Waals surface area contributed by atoms with E-state index in [1.807, 2.05) is 49.3 Å². The number of amides is 3. The van der Waals surface area contributed by atoms with Crippen molar-refractivity contribution < 1.29 is 14.3 Å². The topological polar surface area (TPSA) is 96.7 Å². The number of carbonyl (C=O) groups is 2. The van der Waals surface area contributed by atoms with Gasteiger partial charge in [0.1, 0.15) is 5.75 Å². The monoisotopic (exact) mass is 384 g/mol. The summed E-state index contributed by atoms with van der Waals surface area (Å²) in [6, 6.07) is 14.6. The highest BCUT2D eigenvalue weighted by Gasteiger charge is 2.18. The Labute approximate surface area is 165 Å². The first-order valence-electron chi connectivity index (χ1n) is 9.12. The van der Waals surface area contributed by atoms with E-state index in [0.29, 0.717) is 25.1 Å². The molecule has 7 nitrogen and oxygen atoms in total. The fraction of sp³-hybridized carbons (Fsp3) is 0.333. The number of carbonyl (C=O) groups excluding carboxylic acids is 2. The predicted molar refractivity (Wildman–Crippen MR) is 109 cm³/mol. The van der Waals surface area contributed by atoms with Crippen molar-refractivity contribution in [1.29, 1.82) is 0 Å². The third kappa shape index (κ3) is 5.99. The number of ether oxygens (including phenoxy) is 1. The van der Waals surface area contributed by atoms with Crippen LogP contribution in [0.3, 0.4) is 0 Å². The molecule has 0 spiro atoms. The molecule has 0 fully saturated rings. The number of para-hydroxylation sites is 1. The van der Waals surface area contributed by atoms with Gasteiger partial charge in [0.05, 0.1) is 13.2 Å². The van der Waals surface area contributed by atoms with Crippen LogP contribution in [0.5, 0.6) is 5.75 Å². The van der Waals surface area contributed by atoms with Crippen molar-refractivity contribution in [3.8, 4) is 5.75 Å². The van der Waals surface area contributed by atoms with Gasteiger partial charge in [0.25, 0.3) is 0 Å². The largest absolute Gasteiger partial charge is 0.496 e. The zero-order valence-electron chi connectivity index (χ0n) is 16.6. The van der Waals surface area contributed by atoms with E-state index in [-0.39, 0.29) is 12.1 Å². The van der Waals surface area contributed by atoms with Gasteiger partial charge >= 0.3 is 6.03 Å². The lowest BCUT2D eigenvalue weighted by molar-refractivity contribution is 0.1000. The van der Waals surface area contributed by atoms with Crippen molar-refractivity contribution in [2.45, 2.75) is 12.5 Å². The van der Waals surface area contributed by atoms with E-state index in [4.69, 9.17) is 10.5 Å². The molecule has 0 aliphatic carbocycles. The number of hydrogen-bond acceptors (Lipinski definition) is 4. The highest BCUT2D eigenvalue weighted by atomic mass is 16.5. The van der Waals surface area contributed by atoms with Gasteiger partial charge in [-0.2, -0.15) is 0 Å². The van der Waals surface area contributed by atoms with E-state index in [9.17, 15) is 9.59 Å². The quantitative estimate of drug-likeness (QED) is 0.615. The van der Waals surface area contributed by atoms with Gasteiger partial charge in [-0.25, -0.2) is 4.79 Å². The number of benzene rings is 2. The molecule has 0 aliphatic heterocycles. The number of nitrogens with two attached hydrogens (primary N) is 1. The summed E-state index contributed by atoms with van der Waals surface area (Å²) in [5.74, 6) is 0.330. The van der Waals surface area contributed by atoms with E-state index in [1.54, 1.807) is 25.3 Å². The summed E-state index contributed by atoms with van der Waals surface area (Å²) in [5, 5.41) is 5.75. The molecule has 150 valence electrons. The maximum atomic E-state index is 12.2. The molecule has 2 rings (SSSR count). The first kappa shape index (κ1) is 21.2. The molecule has 1 unspecified atom stereocenters. The summed E-state index contributed by atoms with van der Waals surface area (Å²) in [5.41, 5.74) is 7.71. The summed E-state index contributed by atoms with van der Waals surface area (Å²) in [6.45, 7) is 0.895. The van der Waals surface area contributed by atoms with Gasteiger partial charge in [-0.15, -0.1) is 0 Å².